The Morgan fingerprint density at radius 2 is 1.62 bits per heavy atom. The van der Waals surface area contributed by atoms with Crippen molar-refractivity contribution in [3.05, 3.63) is 56.2 Å². The van der Waals surface area contributed by atoms with Gasteiger partial charge in [-0.15, -0.1) is 0 Å². The number of hydrogen-bond donors (Lipinski definition) is 0. The van der Waals surface area contributed by atoms with Crippen LogP contribution in [-0.4, -0.2) is 21.5 Å². The molecule has 0 saturated heterocycles. The van der Waals surface area contributed by atoms with E-state index in [9.17, 15) is 13.2 Å². The summed E-state index contributed by atoms with van der Waals surface area (Å²) >= 11 is 2.02. The molecule has 128 valence electrons. The van der Waals surface area contributed by atoms with Crippen LogP contribution in [0.5, 0.6) is 5.75 Å². The summed E-state index contributed by atoms with van der Waals surface area (Å²) in [5.41, 5.74) is 2.22. The smallest absolute Gasteiger partial charge is 0.341 e. The monoisotopic (exact) mass is 460 g/mol. The second-order valence-electron chi connectivity index (χ2n) is 5.40. The number of methoxy groups -OCH3 is 1. The number of hydrogen-bond acceptors (Lipinski definition) is 5. The van der Waals surface area contributed by atoms with Gasteiger partial charge in [0.15, 0.2) is 5.75 Å². The minimum absolute atomic E-state index is 0.0540. The maximum atomic E-state index is 12.7. The second kappa shape index (κ2) is 7.10. The molecular weight excluding hydrogens is 443 g/mol. The Bertz CT molecular complexity index is 880. The number of carbonyl (C=O) groups is 1. The average molecular weight is 460 g/mol. The van der Waals surface area contributed by atoms with Crippen molar-refractivity contribution in [3.8, 4) is 5.75 Å². The van der Waals surface area contributed by atoms with Crippen molar-refractivity contribution in [1.82, 2.24) is 0 Å². The quantitative estimate of drug-likeness (QED) is 0.395. The Balaban J connectivity index is 2.54. The van der Waals surface area contributed by atoms with Crippen LogP contribution in [0.4, 0.5) is 0 Å². The molecule has 2 aromatic carbocycles. The average Bonchev–Trinajstić information content (AvgIpc) is 2.46. The lowest BCUT2D eigenvalue weighted by Gasteiger charge is -2.14. The lowest BCUT2D eigenvalue weighted by atomic mass is 10.1. The number of esters is 1. The van der Waals surface area contributed by atoms with Crippen LogP contribution in [0.25, 0.3) is 0 Å². The molecular formula is C17H17IO5S. The second-order valence-corrected chi connectivity index (χ2v) is 8.13. The van der Waals surface area contributed by atoms with Gasteiger partial charge in [0.05, 0.1) is 7.11 Å². The molecule has 0 saturated carbocycles. The van der Waals surface area contributed by atoms with Crippen molar-refractivity contribution >= 4 is 38.7 Å². The Morgan fingerprint density at radius 3 is 2.17 bits per heavy atom. The number of carbonyl (C=O) groups excluding carboxylic acids is 1. The van der Waals surface area contributed by atoms with Crippen molar-refractivity contribution in [2.24, 2.45) is 0 Å². The summed E-state index contributed by atoms with van der Waals surface area (Å²) in [6.45, 7) is 5.32. The molecule has 24 heavy (non-hydrogen) atoms. The van der Waals surface area contributed by atoms with E-state index in [0.29, 0.717) is 11.1 Å². The highest BCUT2D eigenvalue weighted by molar-refractivity contribution is 14.1. The fourth-order valence-corrected chi connectivity index (χ4v) is 4.43. The van der Waals surface area contributed by atoms with Crippen molar-refractivity contribution in [2.75, 3.05) is 7.11 Å². The lowest BCUT2D eigenvalue weighted by Crippen LogP contribution is -2.15. The molecule has 0 aromatic heterocycles. The van der Waals surface area contributed by atoms with Gasteiger partial charge >= 0.3 is 16.1 Å². The Kier molecular flexibility index (Phi) is 5.54. The largest absolute Gasteiger partial charge is 0.465 e. The highest BCUT2D eigenvalue weighted by atomic mass is 127. The van der Waals surface area contributed by atoms with Crippen LogP contribution >= 0.6 is 22.6 Å². The van der Waals surface area contributed by atoms with Gasteiger partial charge in [-0.05, 0) is 72.7 Å². The summed E-state index contributed by atoms with van der Waals surface area (Å²) in [6, 6.07) is 8.18. The van der Waals surface area contributed by atoms with E-state index in [1.165, 1.54) is 19.2 Å². The van der Waals surface area contributed by atoms with Crippen LogP contribution in [0.1, 0.15) is 27.0 Å². The minimum atomic E-state index is -4.08. The highest BCUT2D eigenvalue weighted by Crippen LogP contribution is 2.29. The number of rotatable bonds is 4. The first-order valence-electron chi connectivity index (χ1n) is 7.06. The molecule has 0 aliphatic rings. The zero-order chi connectivity index (χ0) is 18.1. The van der Waals surface area contributed by atoms with Crippen molar-refractivity contribution in [2.45, 2.75) is 25.7 Å². The minimum Gasteiger partial charge on any atom is -0.465 e. The van der Waals surface area contributed by atoms with E-state index >= 15 is 0 Å². The van der Waals surface area contributed by atoms with Gasteiger partial charge in [0, 0.05) is 3.57 Å². The van der Waals surface area contributed by atoms with E-state index in [2.05, 4.69) is 0 Å². The van der Waals surface area contributed by atoms with Crippen LogP contribution in [-0.2, 0) is 14.9 Å². The molecule has 0 atom stereocenters. The van der Waals surface area contributed by atoms with Gasteiger partial charge < -0.3 is 8.92 Å². The third kappa shape index (κ3) is 3.89. The summed E-state index contributed by atoms with van der Waals surface area (Å²) < 4.78 is 36.2. The SMILES string of the molecule is COC(=O)c1cc(I)ccc1OS(=O)(=O)c1c(C)cc(C)cc1C. The predicted octanol–water partition coefficient (Wildman–Crippen LogP) is 3.77. The molecule has 0 bridgehead atoms. The summed E-state index contributed by atoms with van der Waals surface area (Å²) in [7, 11) is -2.85. The Morgan fingerprint density at radius 1 is 1.04 bits per heavy atom. The van der Waals surface area contributed by atoms with Crippen LogP contribution in [0, 0.1) is 24.3 Å². The lowest BCUT2D eigenvalue weighted by molar-refractivity contribution is 0.0598. The van der Waals surface area contributed by atoms with Crippen LogP contribution < -0.4 is 4.18 Å². The number of aryl methyl sites for hydroxylation is 3. The Labute approximate surface area is 155 Å². The zero-order valence-electron chi connectivity index (χ0n) is 13.7. The third-order valence-corrected chi connectivity index (χ3v) is 5.61. The summed E-state index contributed by atoms with van der Waals surface area (Å²) in [4.78, 5) is 12.0. The van der Waals surface area contributed by atoms with Gasteiger partial charge in [-0.25, -0.2) is 4.79 Å². The maximum Gasteiger partial charge on any atom is 0.341 e. The standard InChI is InChI=1S/C17H17IO5S/c1-10-7-11(2)16(12(3)8-10)24(20,21)23-15-6-5-13(18)9-14(15)17(19)22-4/h5-9H,1-4H3. The van der Waals surface area contributed by atoms with E-state index in [4.69, 9.17) is 8.92 Å². The molecule has 0 heterocycles. The fourth-order valence-electron chi connectivity index (χ4n) is 2.57. The first-order chi connectivity index (χ1) is 11.2. The highest BCUT2D eigenvalue weighted by Gasteiger charge is 2.25. The zero-order valence-corrected chi connectivity index (χ0v) is 16.7. The molecule has 0 N–H and O–H groups in total. The van der Waals surface area contributed by atoms with Crippen molar-refractivity contribution < 1.29 is 22.1 Å². The van der Waals surface area contributed by atoms with E-state index in [0.717, 1.165) is 9.13 Å². The normalized spacial score (nSPS) is 11.2. The Hall–Kier alpha value is -1.61. The van der Waals surface area contributed by atoms with E-state index in [1.54, 1.807) is 32.0 Å². The third-order valence-electron chi connectivity index (χ3n) is 3.40. The van der Waals surface area contributed by atoms with Gasteiger partial charge in [-0.2, -0.15) is 8.42 Å². The fraction of sp³-hybridized carbons (Fsp3) is 0.235. The van der Waals surface area contributed by atoms with E-state index in [1.807, 2.05) is 29.5 Å². The number of benzene rings is 2. The molecule has 0 unspecified atom stereocenters. The molecule has 0 radical (unpaired) electrons. The van der Waals surface area contributed by atoms with Gasteiger partial charge in [0.25, 0.3) is 0 Å². The molecule has 2 aromatic rings. The topological polar surface area (TPSA) is 69.7 Å². The van der Waals surface area contributed by atoms with Crippen molar-refractivity contribution in [1.29, 1.82) is 0 Å². The molecule has 7 heteroatoms. The number of halogens is 1. The molecule has 0 aliphatic carbocycles. The first kappa shape index (κ1) is 18.7. The van der Waals surface area contributed by atoms with Gasteiger partial charge in [0.1, 0.15) is 10.5 Å². The molecule has 2 rings (SSSR count). The van der Waals surface area contributed by atoms with E-state index in [-0.39, 0.29) is 16.2 Å². The van der Waals surface area contributed by atoms with Crippen LogP contribution in [0.15, 0.2) is 35.2 Å². The molecule has 0 fully saturated rings. The predicted molar refractivity (Wildman–Crippen MR) is 99.0 cm³/mol. The summed E-state index contributed by atoms with van der Waals surface area (Å²) in [5.74, 6) is -0.710. The summed E-state index contributed by atoms with van der Waals surface area (Å²) in [6.07, 6.45) is 0. The molecule has 0 spiro atoms. The first-order valence-corrected chi connectivity index (χ1v) is 9.54. The maximum absolute atomic E-state index is 12.7. The van der Waals surface area contributed by atoms with E-state index < -0.39 is 16.1 Å². The van der Waals surface area contributed by atoms with Gasteiger partial charge in [0.2, 0.25) is 0 Å². The molecule has 0 aliphatic heterocycles. The van der Waals surface area contributed by atoms with Gasteiger partial charge in [-0.1, -0.05) is 17.7 Å². The van der Waals surface area contributed by atoms with Crippen LogP contribution in [0.3, 0.4) is 0 Å². The molecule has 5 nitrogen and oxygen atoms in total. The number of ether oxygens (including phenoxy) is 1. The summed E-state index contributed by atoms with van der Waals surface area (Å²) in [5, 5.41) is 0. The van der Waals surface area contributed by atoms with Crippen molar-refractivity contribution in [3.63, 3.8) is 0 Å². The van der Waals surface area contributed by atoms with Crippen LogP contribution in [0.2, 0.25) is 0 Å². The molecule has 0 amide bonds. The van der Waals surface area contributed by atoms with Gasteiger partial charge in [-0.3, -0.25) is 0 Å².